The van der Waals surface area contributed by atoms with Crippen LogP contribution in [0.1, 0.15) is 19.8 Å². The highest BCUT2D eigenvalue weighted by atomic mass is 35.5. The van der Waals surface area contributed by atoms with Gasteiger partial charge in [0.05, 0.1) is 0 Å². The lowest BCUT2D eigenvalue weighted by Gasteiger charge is -2.19. The fourth-order valence-corrected chi connectivity index (χ4v) is 1.53. The van der Waals surface area contributed by atoms with E-state index in [0.29, 0.717) is 13.0 Å². The van der Waals surface area contributed by atoms with Gasteiger partial charge in [-0.25, -0.2) is 0 Å². The fourth-order valence-electron chi connectivity index (χ4n) is 1.53. The molecule has 1 heterocycles. The molecule has 1 aliphatic rings. The number of hydrogen-bond acceptors (Lipinski definition) is 3. The van der Waals surface area contributed by atoms with Crippen molar-refractivity contribution in [2.45, 2.75) is 19.8 Å². The highest BCUT2D eigenvalue weighted by Gasteiger charge is 2.31. The molecule has 5 nitrogen and oxygen atoms in total. The van der Waals surface area contributed by atoms with Crippen molar-refractivity contribution in [2.75, 3.05) is 13.1 Å². The van der Waals surface area contributed by atoms with Gasteiger partial charge in [0.25, 0.3) is 0 Å². The van der Waals surface area contributed by atoms with Gasteiger partial charge in [0.1, 0.15) is 11.7 Å². The van der Waals surface area contributed by atoms with Crippen LogP contribution in [0.15, 0.2) is 0 Å². The van der Waals surface area contributed by atoms with Crippen LogP contribution in [0.3, 0.4) is 0 Å². The van der Waals surface area contributed by atoms with Crippen molar-refractivity contribution in [3.05, 3.63) is 0 Å². The lowest BCUT2D eigenvalue weighted by molar-refractivity contribution is -0.147. The molecular weight excluding hydrogens is 222 g/mol. The van der Waals surface area contributed by atoms with Crippen LogP contribution in [-0.2, 0) is 14.4 Å². The van der Waals surface area contributed by atoms with E-state index < -0.39 is 11.9 Å². The summed E-state index contributed by atoms with van der Waals surface area (Å²) in [5.74, 6) is -2.63. The van der Waals surface area contributed by atoms with Crippen molar-refractivity contribution < 1.29 is 19.5 Å². The van der Waals surface area contributed by atoms with Gasteiger partial charge in [0.2, 0.25) is 5.91 Å². The van der Waals surface area contributed by atoms with Crippen molar-refractivity contribution in [3.63, 3.8) is 0 Å². The first-order valence-corrected chi connectivity index (χ1v) is 4.53. The molecule has 15 heavy (non-hydrogen) atoms. The Morgan fingerprint density at radius 3 is 2.53 bits per heavy atom. The number of ketones is 1. The molecule has 0 saturated carbocycles. The van der Waals surface area contributed by atoms with E-state index >= 15 is 0 Å². The van der Waals surface area contributed by atoms with Crippen LogP contribution < -0.4 is 0 Å². The maximum atomic E-state index is 11.3. The van der Waals surface area contributed by atoms with Crippen molar-refractivity contribution in [3.8, 4) is 0 Å². The third-order valence-electron chi connectivity index (χ3n) is 2.39. The quantitative estimate of drug-likeness (QED) is 0.665. The van der Waals surface area contributed by atoms with Gasteiger partial charge >= 0.3 is 5.97 Å². The molecule has 0 spiro atoms. The molecular formula is C9H14ClNO4. The Balaban J connectivity index is 0.00000196. The molecule has 1 amide bonds. The van der Waals surface area contributed by atoms with Crippen LogP contribution in [0.25, 0.3) is 0 Å². The molecule has 0 aromatic carbocycles. The number of aliphatic carboxylic acids is 1. The summed E-state index contributed by atoms with van der Waals surface area (Å²) >= 11 is 0. The zero-order valence-corrected chi connectivity index (χ0v) is 9.25. The Bertz CT molecular complexity index is 279. The number of rotatable bonds is 1. The van der Waals surface area contributed by atoms with E-state index in [1.54, 1.807) is 0 Å². The number of carboxylic acids is 1. The molecule has 1 rings (SSSR count). The number of nitrogens with zero attached hydrogens (tertiary/aromatic N) is 1. The summed E-state index contributed by atoms with van der Waals surface area (Å²) in [5, 5.41) is 8.77. The minimum absolute atomic E-state index is 0. The maximum absolute atomic E-state index is 11.3. The van der Waals surface area contributed by atoms with Crippen LogP contribution in [0.5, 0.6) is 0 Å². The first kappa shape index (κ1) is 13.9. The standard InChI is InChI=1S/C9H13NO4.ClH/c1-6(11)10-4-2-3-8(12)7(5-10)9(13)14;/h7H,2-5H2,1H3,(H,13,14);1H. The fraction of sp³-hybridized carbons (Fsp3) is 0.667. The van der Waals surface area contributed by atoms with Crippen molar-refractivity contribution >= 4 is 30.1 Å². The van der Waals surface area contributed by atoms with Crippen LogP contribution >= 0.6 is 12.4 Å². The molecule has 1 atom stereocenters. The molecule has 0 bridgehead atoms. The van der Waals surface area contributed by atoms with E-state index in [1.165, 1.54) is 11.8 Å². The lowest BCUT2D eigenvalue weighted by Crippen LogP contribution is -2.37. The number of hydrogen-bond donors (Lipinski definition) is 1. The first-order chi connectivity index (χ1) is 6.52. The van der Waals surface area contributed by atoms with Gasteiger partial charge in [0.15, 0.2) is 0 Å². The number of carboxylic acid groups (broad SMARTS) is 1. The van der Waals surface area contributed by atoms with Gasteiger partial charge in [-0.05, 0) is 6.42 Å². The van der Waals surface area contributed by atoms with Gasteiger partial charge in [-0.1, -0.05) is 0 Å². The summed E-state index contributed by atoms with van der Waals surface area (Å²) in [6.45, 7) is 1.88. The molecule has 86 valence electrons. The summed E-state index contributed by atoms with van der Waals surface area (Å²) in [6.07, 6.45) is 0.808. The molecule has 0 aromatic heterocycles. The lowest BCUT2D eigenvalue weighted by atomic mass is 10.0. The van der Waals surface area contributed by atoms with Gasteiger partial charge in [-0.3, -0.25) is 14.4 Å². The predicted octanol–water partition coefficient (Wildman–Crippen LogP) is 0.320. The second kappa shape index (κ2) is 5.70. The number of likely N-dealkylation sites (tertiary alicyclic amines) is 1. The topological polar surface area (TPSA) is 74.7 Å². The number of carbonyl (C=O) groups is 3. The largest absolute Gasteiger partial charge is 0.481 e. The van der Waals surface area contributed by atoms with Crippen LogP contribution in [0.2, 0.25) is 0 Å². The minimum atomic E-state index is -1.14. The smallest absolute Gasteiger partial charge is 0.315 e. The molecule has 1 fully saturated rings. The van der Waals surface area contributed by atoms with Crippen molar-refractivity contribution in [1.29, 1.82) is 0 Å². The third kappa shape index (κ3) is 3.51. The van der Waals surface area contributed by atoms with E-state index in [9.17, 15) is 14.4 Å². The van der Waals surface area contributed by atoms with Crippen molar-refractivity contribution in [1.82, 2.24) is 4.90 Å². The highest BCUT2D eigenvalue weighted by molar-refractivity contribution is 5.99. The molecule has 6 heteroatoms. The van der Waals surface area contributed by atoms with Crippen molar-refractivity contribution in [2.24, 2.45) is 5.92 Å². The molecule has 1 saturated heterocycles. The molecule has 1 unspecified atom stereocenters. The van der Waals surface area contributed by atoms with E-state index in [-0.39, 0.29) is 37.1 Å². The third-order valence-corrected chi connectivity index (χ3v) is 2.39. The summed E-state index contributed by atoms with van der Waals surface area (Å²) < 4.78 is 0. The zero-order valence-electron chi connectivity index (χ0n) is 8.43. The second-order valence-corrected chi connectivity index (χ2v) is 3.43. The van der Waals surface area contributed by atoms with Gasteiger partial charge in [0, 0.05) is 26.4 Å². The number of amides is 1. The van der Waals surface area contributed by atoms with Crippen LogP contribution in [0.4, 0.5) is 0 Å². The normalized spacial score (nSPS) is 21.5. The van der Waals surface area contributed by atoms with Gasteiger partial charge in [-0.2, -0.15) is 0 Å². The SMILES string of the molecule is CC(=O)N1CCCC(=O)C(C(=O)O)C1.Cl. The van der Waals surface area contributed by atoms with E-state index in [4.69, 9.17) is 5.11 Å². The second-order valence-electron chi connectivity index (χ2n) is 3.43. The average molecular weight is 236 g/mol. The molecule has 0 radical (unpaired) electrons. The monoisotopic (exact) mass is 235 g/mol. The minimum Gasteiger partial charge on any atom is -0.481 e. The molecule has 0 aliphatic carbocycles. The molecule has 1 N–H and O–H groups in total. The number of halogens is 1. The Labute approximate surface area is 93.8 Å². The summed E-state index contributed by atoms with van der Waals surface area (Å²) in [6, 6.07) is 0. The first-order valence-electron chi connectivity index (χ1n) is 4.53. The average Bonchev–Trinajstić information content (AvgIpc) is 2.26. The van der Waals surface area contributed by atoms with Gasteiger partial charge in [-0.15, -0.1) is 12.4 Å². The highest BCUT2D eigenvalue weighted by Crippen LogP contribution is 2.13. The number of Topliss-reactive ketones (excluding diaryl/α,β-unsaturated/α-hetero) is 1. The summed E-state index contributed by atoms with van der Waals surface area (Å²) in [7, 11) is 0. The summed E-state index contributed by atoms with van der Waals surface area (Å²) in [5.41, 5.74) is 0. The van der Waals surface area contributed by atoms with E-state index in [2.05, 4.69) is 0 Å². The molecule has 1 aliphatic heterocycles. The summed E-state index contributed by atoms with van der Waals surface area (Å²) in [4.78, 5) is 34.5. The zero-order chi connectivity index (χ0) is 10.7. The van der Waals surface area contributed by atoms with Crippen LogP contribution in [0, 0.1) is 5.92 Å². The van der Waals surface area contributed by atoms with Gasteiger partial charge < -0.3 is 10.0 Å². The van der Waals surface area contributed by atoms with Crippen LogP contribution in [-0.4, -0.2) is 40.8 Å². The Hall–Kier alpha value is -1.10. The predicted molar refractivity (Wildman–Crippen MR) is 54.9 cm³/mol. The maximum Gasteiger partial charge on any atom is 0.315 e. The van der Waals surface area contributed by atoms with E-state index in [0.717, 1.165) is 0 Å². The number of carbonyl (C=O) groups excluding carboxylic acids is 2. The van der Waals surface area contributed by atoms with E-state index in [1.807, 2.05) is 0 Å². The Kier molecular flexibility index (Phi) is 5.28. The Morgan fingerprint density at radius 2 is 2.07 bits per heavy atom. The molecule has 0 aromatic rings. The Morgan fingerprint density at radius 1 is 1.47 bits per heavy atom.